The van der Waals surface area contributed by atoms with E-state index in [1.807, 2.05) is 6.92 Å². The Morgan fingerprint density at radius 1 is 1.35 bits per heavy atom. The van der Waals surface area contributed by atoms with Gasteiger partial charge in [-0.2, -0.15) is 0 Å². The second-order valence-corrected chi connectivity index (χ2v) is 4.81. The van der Waals surface area contributed by atoms with Crippen LogP contribution in [0.1, 0.15) is 18.1 Å². The summed E-state index contributed by atoms with van der Waals surface area (Å²) in [5, 5.41) is 3.76. The van der Waals surface area contributed by atoms with E-state index < -0.39 is 0 Å². The third-order valence-corrected chi connectivity index (χ3v) is 3.18. The summed E-state index contributed by atoms with van der Waals surface area (Å²) in [6.07, 6.45) is 1.54. The highest BCUT2D eigenvalue weighted by Crippen LogP contribution is 2.25. The lowest BCUT2D eigenvalue weighted by molar-refractivity contribution is 0.456. The summed E-state index contributed by atoms with van der Waals surface area (Å²) < 4.78 is 19.0. The standard InChI is InChI=1S/C15H16ClFN2O/c1-3-18-8-11-6-15(19-9-13(11)16)20-12-5-4-10(2)14(17)7-12/h4-7,9,18H,3,8H2,1-2H3. The number of nitrogens with one attached hydrogen (secondary N) is 1. The number of nitrogens with zero attached hydrogens (tertiary/aromatic N) is 1. The summed E-state index contributed by atoms with van der Waals surface area (Å²) in [5.41, 5.74) is 1.47. The molecule has 0 unspecified atom stereocenters. The van der Waals surface area contributed by atoms with E-state index in [1.54, 1.807) is 25.1 Å². The largest absolute Gasteiger partial charge is 0.439 e. The minimum atomic E-state index is -0.302. The van der Waals surface area contributed by atoms with Crippen LogP contribution in [0.2, 0.25) is 5.02 Å². The molecule has 0 bridgehead atoms. The molecule has 1 N–H and O–H groups in total. The predicted octanol–water partition coefficient (Wildman–Crippen LogP) is 4.08. The van der Waals surface area contributed by atoms with Gasteiger partial charge in [0.2, 0.25) is 5.88 Å². The average Bonchev–Trinajstić information content (AvgIpc) is 2.43. The molecule has 0 amide bonds. The van der Waals surface area contributed by atoms with Crippen LogP contribution in [-0.2, 0) is 6.54 Å². The number of hydrogen-bond donors (Lipinski definition) is 1. The van der Waals surface area contributed by atoms with E-state index in [4.69, 9.17) is 16.3 Å². The fraction of sp³-hybridized carbons (Fsp3) is 0.267. The molecule has 0 atom stereocenters. The van der Waals surface area contributed by atoms with Gasteiger partial charge < -0.3 is 10.1 Å². The van der Waals surface area contributed by atoms with Crippen LogP contribution in [0.25, 0.3) is 0 Å². The van der Waals surface area contributed by atoms with Crippen molar-refractivity contribution in [1.82, 2.24) is 10.3 Å². The first kappa shape index (κ1) is 14.8. The summed E-state index contributed by atoms with van der Waals surface area (Å²) in [6.45, 7) is 5.20. The van der Waals surface area contributed by atoms with Crippen LogP contribution < -0.4 is 10.1 Å². The topological polar surface area (TPSA) is 34.1 Å². The van der Waals surface area contributed by atoms with Crippen LogP contribution in [0.5, 0.6) is 11.6 Å². The van der Waals surface area contributed by atoms with Crippen molar-refractivity contribution in [2.45, 2.75) is 20.4 Å². The first-order valence-corrected chi connectivity index (χ1v) is 6.77. The molecular formula is C15H16ClFN2O. The van der Waals surface area contributed by atoms with E-state index in [0.29, 0.717) is 28.8 Å². The molecule has 3 nitrogen and oxygen atoms in total. The number of aryl methyl sites for hydroxylation is 1. The monoisotopic (exact) mass is 294 g/mol. The third-order valence-electron chi connectivity index (χ3n) is 2.84. The highest BCUT2D eigenvalue weighted by molar-refractivity contribution is 6.31. The molecule has 0 aliphatic heterocycles. The van der Waals surface area contributed by atoms with Gasteiger partial charge in [-0.15, -0.1) is 0 Å². The van der Waals surface area contributed by atoms with E-state index in [9.17, 15) is 4.39 Å². The van der Waals surface area contributed by atoms with Crippen molar-refractivity contribution in [2.75, 3.05) is 6.54 Å². The Morgan fingerprint density at radius 2 is 2.15 bits per heavy atom. The van der Waals surface area contributed by atoms with Crippen LogP contribution in [-0.4, -0.2) is 11.5 Å². The van der Waals surface area contributed by atoms with Crippen molar-refractivity contribution in [2.24, 2.45) is 0 Å². The zero-order valence-electron chi connectivity index (χ0n) is 11.4. The first-order valence-electron chi connectivity index (χ1n) is 6.39. The van der Waals surface area contributed by atoms with Crippen molar-refractivity contribution in [3.05, 3.63) is 52.4 Å². The maximum Gasteiger partial charge on any atom is 0.219 e. The Bertz CT molecular complexity index is 604. The smallest absolute Gasteiger partial charge is 0.219 e. The Hall–Kier alpha value is -1.65. The Morgan fingerprint density at radius 3 is 2.85 bits per heavy atom. The molecule has 2 aromatic rings. The van der Waals surface area contributed by atoms with Crippen LogP contribution in [0.15, 0.2) is 30.5 Å². The quantitative estimate of drug-likeness (QED) is 0.902. The van der Waals surface area contributed by atoms with E-state index in [1.165, 1.54) is 12.3 Å². The van der Waals surface area contributed by atoms with Gasteiger partial charge in [0.1, 0.15) is 11.6 Å². The first-order chi connectivity index (χ1) is 9.60. The summed E-state index contributed by atoms with van der Waals surface area (Å²) in [5.74, 6) is 0.507. The van der Waals surface area contributed by atoms with Crippen LogP contribution in [0.3, 0.4) is 0 Å². The highest BCUT2D eigenvalue weighted by atomic mass is 35.5. The maximum atomic E-state index is 13.5. The van der Waals surface area contributed by atoms with Gasteiger partial charge >= 0.3 is 0 Å². The van der Waals surface area contributed by atoms with E-state index in [-0.39, 0.29) is 5.82 Å². The number of aromatic nitrogens is 1. The minimum absolute atomic E-state index is 0.302. The zero-order chi connectivity index (χ0) is 14.5. The number of rotatable bonds is 5. The molecule has 0 saturated heterocycles. The van der Waals surface area contributed by atoms with Crippen molar-refractivity contribution < 1.29 is 9.13 Å². The SMILES string of the molecule is CCNCc1cc(Oc2ccc(C)c(F)c2)ncc1Cl. The van der Waals surface area contributed by atoms with Gasteiger partial charge in [0.05, 0.1) is 5.02 Å². The van der Waals surface area contributed by atoms with Gasteiger partial charge in [-0.05, 0) is 30.7 Å². The highest BCUT2D eigenvalue weighted by Gasteiger charge is 2.06. The summed E-state index contributed by atoms with van der Waals surface area (Å²) in [6, 6.07) is 6.47. The lowest BCUT2D eigenvalue weighted by Crippen LogP contribution is -2.12. The van der Waals surface area contributed by atoms with Crippen LogP contribution >= 0.6 is 11.6 Å². The molecule has 5 heteroatoms. The van der Waals surface area contributed by atoms with Gasteiger partial charge in [0, 0.05) is 24.9 Å². The number of benzene rings is 1. The molecular weight excluding hydrogens is 279 g/mol. The second-order valence-electron chi connectivity index (χ2n) is 4.41. The Labute approximate surface area is 122 Å². The number of pyridine rings is 1. The summed E-state index contributed by atoms with van der Waals surface area (Å²) >= 11 is 6.06. The van der Waals surface area contributed by atoms with Gasteiger partial charge in [-0.3, -0.25) is 0 Å². The van der Waals surface area contributed by atoms with Gasteiger partial charge in [-0.25, -0.2) is 9.37 Å². The zero-order valence-corrected chi connectivity index (χ0v) is 12.2. The average molecular weight is 295 g/mol. The third kappa shape index (κ3) is 3.68. The molecule has 20 heavy (non-hydrogen) atoms. The molecule has 0 saturated carbocycles. The van der Waals surface area contributed by atoms with Crippen LogP contribution in [0, 0.1) is 12.7 Å². The number of hydrogen-bond acceptors (Lipinski definition) is 3. The lowest BCUT2D eigenvalue weighted by atomic mass is 10.2. The molecule has 2 rings (SSSR count). The summed E-state index contributed by atoms with van der Waals surface area (Å²) in [7, 11) is 0. The van der Waals surface area contributed by atoms with Crippen molar-refractivity contribution in [3.63, 3.8) is 0 Å². The van der Waals surface area contributed by atoms with Crippen LogP contribution in [0.4, 0.5) is 4.39 Å². The van der Waals surface area contributed by atoms with E-state index in [2.05, 4.69) is 10.3 Å². The van der Waals surface area contributed by atoms with Gasteiger partial charge in [0.25, 0.3) is 0 Å². The molecule has 1 aromatic carbocycles. The number of halogens is 2. The van der Waals surface area contributed by atoms with Crippen molar-refractivity contribution in [1.29, 1.82) is 0 Å². The van der Waals surface area contributed by atoms with E-state index >= 15 is 0 Å². The molecule has 0 radical (unpaired) electrons. The van der Waals surface area contributed by atoms with Crippen molar-refractivity contribution in [3.8, 4) is 11.6 Å². The molecule has 0 aliphatic carbocycles. The maximum absolute atomic E-state index is 13.5. The Balaban J connectivity index is 2.18. The fourth-order valence-electron chi connectivity index (χ4n) is 1.67. The fourth-order valence-corrected chi connectivity index (χ4v) is 1.84. The molecule has 0 spiro atoms. The normalized spacial score (nSPS) is 10.6. The van der Waals surface area contributed by atoms with Crippen molar-refractivity contribution >= 4 is 11.6 Å². The number of ether oxygens (including phenoxy) is 1. The van der Waals surface area contributed by atoms with Gasteiger partial charge in [-0.1, -0.05) is 24.6 Å². The molecule has 0 fully saturated rings. The molecule has 106 valence electrons. The lowest BCUT2D eigenvalue weighted by Gasteiger charge is -2.09. The molecule has 0 aliphatic rings. The predicted molar refractivity (Wildman–Crippen MR) is 77.8 cm³/mol. The molecule has 1 heterocycles. The van der Waals surface area contributed by atoms with E-state index in [0.717, 1.165) is 12.1 Å². The minimum Gasteiger partial charge on any atom is -0.439 e. The van der Waals surface area contributed by atoms with Gasteiger partial charge in [0.15, 0.2) is 0 Å². The second kappa shape index (κ2) is 6.68. The molecule has 1 aromatic heterocycles. The summed E-state index contributed by atoms with van der Waals surface area (Å²) in [4.78, 5) is 4.09. The Kier molecular flexibility index (Phi) is 4.93.